The van der Waals surface area contributed by atoms with Gasteiger partial charge in [0, 0.05) is 5.10 Å². The molecule has 4 rings (SSSR count). The van der Waals surface area contributed by atoms with Gasteiger partial charge in [-0.3, -0.25) is 5.32 Å². The number of rotatable bonds is 5. The number of alkyl halides is 3. The van der Waals surface area contributed by atoms with Crippen LogP contribution in [0.5, 0.6) is 0 Å². The Bertz CT molecular complexity index is 1120. The fourth-order valence-electron chi connectivity index (χ4n) is 2.86. The van der Waals surface area contributed by atoms with Crippen LogP contribution in [0, 0.1) is 0 Å². The number of nitrogens with zero attached hydrogens (tertiary/aromatic N) is 3. The maximum absolute atomic E-state index is 5.42. The van der Waals surface area contributed by atoms with Crippen molar-refractivity contribution in [2.24, 2.45) is 0 Å². The zero-order valence-corrected chi connectivity index (χ0v) is 19.9. The lowest BCUT2D eigenvalue weighted by Gasteiger charge is -2.09. The highest BCUT2D eigenvalue weighted by molar-refractivity contribution is 8.01. The summed E-state index contributed by atoms with van der Waals surface area (Å²) < 4.78 is 3.33. The number of thiocarbonyl (C=S) groups is 1. The van der Waals surface area contributed by atoms with Gasteiger partial charge < -0.3 is 24.8 Å². The van der Waals surface area contributed by atoms with Gasteiger partial charge in [-0.05, 0) is 36.4 Å². The minimum atomic E-state index is -0.750. The summed E-state index contributed by atoms with van der Waals surface area (Å²) in [6, 6.07) is 29.7. The molecular weight excluding hydrogens is 491 g/mol. The van der Waals surface area contributed by atoms with Crippen molar-refractivity contribution in [3.63, 3.8) is 0 Å². The standard InChI is InChI=1S/C21H16N4S2.CHCl3/c26-20(27)19-24(17-12-6-2-7-13-17)21(22-16-10-4-1-5-11-16)23-25(19)18-14-8-3-9-15-18;2-1(3)4/h1-15H,(H-,22,23,26,27);1H. The van der Waals surface area contributed by atoms with Crippen molar-refractivity contribution in [2.45, 2.75) is 4.30 Å². The average Bonchev–Trinajstić information content (AvgIpc) is 3.15. The van der Waals surface area contributed by atoms with Crippen LogP contribution in [-0.4, -0.2) is 18.3 Å². The fourth-order valence-corrected chi connectivity index (χ4v) is 3.22. The van der Waals surface area contributed by atoms with Gasteiger partial charge in [-0.1, -0.05) is 93.6 Å². The molecule has 158 valence electrons. The van der Waals surface area contributed by atoms with Gasteiger partial charge in [-0.15, -0.1) is 4.68 Å². The number of para-hydroxylation sites is 3. The molecule has 4 aromatic rings. The van der Waals surface area contributed by atoms with E-state index in [0.717, 1.165) is 17.1 Å². The first-order valence-electron chi connectivity index (χ1n) is 9.09. The van der Waals surface area contributed by atoms with Crippen LogP contribution in [0.15, 0.2) is 91.0 Å². The van der Waals surface area contributed by atoms with Crippen molar-refractivity contribution in [1.29, 1.82) is 0 Å². The van der Waals surface area contributed by atoms with E-state index in [1.165, 1.54) is 0 Å². The third kappa shape index (κ3) is 6.38. The lowest BCUT2D eigenvalue weighted by atomic mass is 10.3. The summed E-state index contributed by atoms with van der Waals surface area (Å²) in [6.07, 6.45) is 0. The van der Waals surface area contributed by atoms with Crippen molar-refractivity contribution in [1.82, 2.24) is 9.78 Å². The van der Waals surface area contributed by atoms with Crippen LogP contribution < -0.4 is 9.88 Å². The summed E-state index contributed by atoms with van der Waals surface area (Å²) >= 11 is 25.3. The highest BCUT2D eigenvalue weighted by Crippen LogP contribution is 2.18. The molecule has 0 atom stereocenters. The Morgan fingerprint density at radius 3 is 1.87 bits per heavy atom. The van der Waals surface area contributed by atoms with Gasteiger partial charge in [0.2, 0.25) is 5.82 Å². The molecule has 3 aromatic carbocycles. The SMILES string of the molecule is ClC(Cl)Cl.S=C([S-])c1n(-c2ccccc2)nc(Nc2ccccc2)[n+]1-c1ccccc1. The first kappa shape index (κ1) is 23.4. The molecule has 31 heavy (non-hydrogen) atoms. The molecule has 1 aromatic heterocycles. The molecule has 0 amide bonds. The number of halogens is 3. The zero-order chi connectivity index (χ0) is 22.2. The van der Waals surface area contributed by atoms with E-state index in [-0.39, 0.29) is 0 Å². The highest BCUT2D eigenvalue weighted by atomic mass is 35.6. The van der Waals surface area contributed by atoms with E-state index < -0.39 is 4.30 Å². The first-order valence-corrected chi connectivity index (χ1v) is 11.2. The lowest BCUT2D eigenvalue weighted by Crippen LogP contribution is -2.38. The van der Waals surface area contributed by atoms with E-state index in [9.17, 15) is 0 Å². The summed E-state index contributed by atoms with van der Waals surface area (Å²) in [6.45, 7) is 0. The van der Waals surface area contributed by atoms with Crippen molar-refractivity contribution >= 4 is 75.5 Å². The molecule has 0 saturated carbocycles. The Morgan fingerprint density at radius 1 is 0.871 bits per heavy atom. The van der Waals surface area contributed by atoms with Gasteiger partial charge >= 0.3 is 5.95 Å². The quantitative estimate of drug-likeness (QED) is 0.153. The van der Waals surface area contributed by atoms with Crippen LogP contribution in [0.3, 0.4) is 0 Å². The summed E-state index contributed by atoms with van der Waals surface area (Å²) in [5.41, 5.74) is 2.76. The molecule has 0 aliphatic carbocycles. The Kier molecular flexibility index (Phi) is 8.63. The van der Waals surface area contributed by atoms with E-state index in [1.807, 2.05) is 95.6 Å². The van der Waals surface area contributed by atoms with E-state index in [0.29, 0.717) is 16.0 Å². The number of benzene rings is 3. The number of hydrogen-bond acceptors (Lipinski definition) is 4. The van der Waals surface area contributed by atoms with Gasteiger partial charge in [0.15, 0.2) is 4.30 Å². The smallest absolute Gasteiger partial charge is 0.388 e. The predicted octanol–water partition coefficient (Wildman–Crippen LogP) is 6.10. The molecule has 4 nitrogen and oxygen atoms in total. The Labute approximate surface area is 206 Å². The monoisotopic (exact) mass is 506 g/mol. The molecular formula is C22H17Cl3N4S2. The normalized spacial score (nSPS) is 10.3. The van der Waals surface area contributed by atoms with Gasteiger partial charge in [-0.2, -0.15) is 4.57 Å². The second kappa shape index (κ2) is 11.4. The summed E-state index contributed by atoms with van der Waals surface area (Å²) in [7, 11) is 0. The molecule has 1 heterocycles. The molecule has 0 aliphatic heterocycles. The summed E-state index contributed by atoms with van der Waals surface area (Å²) in [4.78, 5) is 0. The molecule has 9 heteroatoms. The first-order chi connectivity index (χ1) is 15.0. The van der Waals surface area contributed by atoms with Gasteiger partial charge in [0.25, 0.3) is 0 Å². The predicted molar refractivity (Wildman–Crippen MR) is 135 cm³/mol. The molecule has 1 N–H and O–H groups in total. The fraction of sp³-hybridized carbons (Fsp3) is 0.0455. The summed E-state index contributed by atoms with van der Waals surface area (Å²) in [5.74, 6) is 1.30. The van der Waals surface area contributed by atoms with Gasteiger partial charge in [0.05, 0.1) is 11.4 Å². The Balaban J connectivity index is 0.000000628. The van der Waals surface area contributed by atoms with Crippen LogP contribution in [0.25, 0.3) is 11.4 Å². The van der Waals surface area contributed by atoms with Crippen molar-refractivity contribution in [2.75, 3.05) is 5.32 Å². The Hall–Kier alpha value is -2.22. The second-order valence-corrected chi connectivity index (χ2v) is 9.15. The van der Waals surface area contributed by atoms with E-state index >= 15 is 0 Å². The van der Waals surface area contributed by atoms with Crippen LogP contribution in [0.4, 0.5) is 11.6 Å². The molecule has 0 radical (unpaired) electrons. The number of hydrogen-bond donors (Lipinski definition) is 1. The molecule has 0 bridgehead atoms. The molecule has 0 unspecified atom stereocenters. The minimum absolute atomic E-state index is 0.344. The number of anilines is 2. The molecule has 0 saturated heterocycles. The average molecular weight is 508 g/mol. The molecule has 0 aliphatic rings. The van der Waals surface area contributed by atoms with E-state index in [1.54, 1.807) is 4.68 Å². The zero-order valence-electron chi connectivity index (χ0n) is 16.0. The van der Waals surface area contributed by atoms with Crippen LogP contribution in [0.2, 0.25) is 0 Å². The van der Waals surface area contributed by atoms with E-state index in [4.69, 9.17) is 64.7 Å². The highest BCUT2D eigenvalue weighted by Gasteiger charge is 2.26. The van der Waals surface area contributed by atoms with Crippen LogP contribution >= 0.6 is 47.0 Å². The molecule has 0 spiro atoms. The lowest BCUT2D eigenvalue weighted by molar-refractivity contribution is -0.582. The number of aromatic nitrogens is 3. The third-order valence-electron chi connectivity index (χ3n) is 4.05. The maximum Gasteiger partial charge on any atom is 0.388 e. The van der Waals surface area contributed by atoms with Crippen molar-refractivity contribution in [3.05, 3.63) is 96.8 Å². The second-order valence-electron chi connectivity index (χ2n) is 6.09. The number of nitrogens with one attached hydrogen (secondary N) is 1. The largest absolute Gasteiger partial charge is 0.423 e. The van der Waals surface area contributed by atoms with Gasteiger partial charge in [-0.25, -0.2) is 0 Å². The van der Waals surface area contributed by atoms with Crippen molar-refractivity contribution < 1.29 is 4.57 Å². The topological polar surface area (TPSA) is 33.7 Å². The Morgan fingerprint density at radius 2 is 1.35 bits per heavy atom. The van der Waals surface area contributed by atoms with Crippen molar-refractivity contribution in [3.8, 4) is 11.4 Å². The van der Waals surface area contributed by atoms with Crippen LogP contribution in [0.1, 0.15) is 5.82 Å². The molecule has 0 fully saturated rings. The summed E-state index contributed by atoms with van der Waals surface area (Å²) in [5, 5.41) is 8.17. The third-order valence-corrected chi connectivity index (χ3v) is 4.41. The maximum atomic E-state index is 5.42. The van der Waals surface area contributed by atoms with Crippen LogP contribution in [-0.2, 0) is 12.6 Å². The minimum Gasteiger partial charge on any atom is -0.423 e. The van der Waals surface area contributed by atoms with Gasteiger partial charge in [0.1, 0.15) is 5.69 Å². The van der Waals surface area contributed by atoms with E-state index in [2.05, 4.69) is 5.32 Å².